The van der Waals surface area contributed by atoms with Gasteiger partial charge in [-0.15, -0.1) is 0 Å². The molecule has 126 valence electrons. The highest BCUT2D eigenvalue weighted by atomic mass is 16.2. The van der Waals surface area contributed by atoms with Crippen molar-refractivity contribution in [1.82, 2.24) is 9.80 Å². The third kappa shape index (κ3) is 3.29. The number of piperazine rings is 1. The van der Waals surface area contributed by atoms with Crippen LogP contribution in [-0.2, 0) is 0 Å². The topological polar surface area (TPSA) is 26.8 Å². The van der Waals surface area contributed by atoms with Gasteiger partial charge in [-0.1, -0.05) is 42.5 Å². The summed E-state index contributed by atoms with van der Waals surface area (Å²) in [6, 6.07) is 18.5. The van der Waals surface area contributed by atoms with E-state index in [4.69, 9.17) is 0 Å². The van der Waals surface area contributed by atoms with Crippen LogP contribution in [0.5, 0.6) is 0 Å². The van der Waals surface area contributed by atoms with E-state index in [0.717, 1.165) is 30.9 Å². The molecule has 4 nitrogen and oxygen atoms in total. The summed E-state index contributed by atoms with van der Waals surface area (Å²) in [7, 11) is 6.08. The Balaban J connectivity index is 1.84. The lowest BCUT2D eigenvalue weighted by Crippen LogP contribution is -2.49. The van der Waals surface area contributed by atoms with Gasteiger partial charge in [0, 0.05) is 39.4 Å². The van der Waals surface area contributed by atoms with Crippen LogP contribution < -0.4 is 4.90 Å². The fourth-order valence-electron chi connectivity index (χ4n) is 3.31. The van der Waals surface area contributed by atoms with Gasteiger partial charge in [0.15, 0.2) is 0 Å². The van der Waals surface area contributed by atoms with E-state index in [2.05, 4.69) is 36.2 Å². The van der Waals surface area contributed by atoms with E-state index in [-0.39, 0.29) is 11.9 Å². The molecule has 1 fully saturated rings. The highest BCUT2D eigenvalue weighted by Crippen LogP contribution is 2.26. The van der Waals surface area contributed by atoms with Gasteiger partial charge in [0.1, 0.15) is 0 Å². The van der Waals surface area contributed by atoms with E-state index < -0.39 is 0 Å². The second-order valence-electron chi connectivity index (χ2n) is 6.57. The van der Waals surface area contributed by atoms with Crippen molar-refractivity contribution in [3.05, 3.63) is 65.7 Å². The number of hydrogen-bond acceptors (Lipinski definition) is 3. The van der Waals surface area contributed by atoms with Gasteiger partial charge in [0.05, 0.1) is 11.6 Å². The number of hydrogen-bond donors (Lipinski definition) is 0. The van der Waals surface area contributed by atoms with Gasteiger partial charge < -0.3 is 9.80 Å². The zero-order valence-corrected chi connectivity index (χ0v) is 14.6. The van der Waals surface area contributed by atoms with Gasteiger partial charge >= 0.3 is 0 Å². The van der Waals surface area contributed by atoms with Gasteiger partial charge in [-0.25, -0.2) is 0 Å². The van der Waals surface area contributed by atoms with Crippen LogP contribution in [-0.4, -0.2) is 56.5 Å². The zero-order valence-electron chi connectivity index (χ0n) is 14.6. The Morgan fingerprint density at radius 2 is 1.67 bits per heavy atom. The quantitative estimate of drug-likeness (QED) is 0.869. The number of carbonyl (C=O) groups is 1. The predicted octanol–water partition coefficient (Wildman–Crippen LogP) is 2.88. The Hall–Kier alpha value is -2.33. The molecule has 0 aliphatic carbocycles. The number of amides is 1. The first-order chi connectivity index (χ1) is 11.6. The summed E-state index contributed by atoms with van der Waals surface area (Å²) in [4.78, 5) is 19.4. The molecule has 0 bridgehead atoms. The monoisotopic (exact) mass is 323 g/mol. The van der Waals surface area contributed by atoms with Gasteiger partial charge in [0.25, 0.3) is 5.91 Å². The average Bonchev–Trinajstić information content (AvgIpc) is 2.62. The van der Waals surface area contributed by atoms with Crippen LogP contribution in [0.1, 0.15) is 22.0 Å². The number of carbonyl (C=O) groups excluding carboxylic acids is 1. The summed E-state index contributed by atoms with van der Waals surface area (Å²) in [5.74, 6) is 0.119. The van der Waals surface area contributed by atoms with E-state index in [1.54, 1.807) is 0 Å². The second kappa shape index (κ2) is 7.05. The van der Waals surface area contributed by atoms with Crippen molar-refractivity contribution in [2.24, 2.45) is 0 Å². The van der Waals surface area contributed by atoms with Crippen LogP contribution in [0.2, 0.25) is 0 Å². The Kier molecular flexibility index (Phi) is 4.86. The molecule has 0 N–H and O–H groups in total. The highest BCUT2D eigenvalue weighted by Gasteiger charge is 2.29. The smallest absolute Gasteiger partial charge is 0.256 e. The van der Waals surface area contributed by atoms with Crippen molar-refractivity contribution in [2.75, 3.05) is 45.7 Å². The standard InChI is InChI=1S/C20H25N3O/c1-21(2)18-12-8-7-11-17(18)20(24)23-14-13-22(3)19(15-23)16-9-5-4-6-10-16/h4-12,19H,13-15H2,1-3H3. The molecule has 1 amide bonds. The average molecular weight is 323 g/mol. The first-order valence-electron chi connectivity index (χ1n) is 8.38. The highest BCUT2D eigenvalue weighted by molar-refractivity contribution is 5.99. The van der Waals surface area contributed by atoms with E-state index in [9.17, 15) is 4.79 Å². The number of nitrogens with zero attached hydrogens (tertiary/aromatic N) is 3. The lowest BCUT2D eigenvalue weighted by Gasteiger charge is -2.40. The maximum absolute atomic E-state index is 13.1. The Bertz CT molecular complexity index is 699. The zero-order chi connectivity index (χ0) is 17.1. The Labute approximate surface area is 144 Å². The molecule has 1 aliphatic rings. The molecule has 1 saturated heterocycles. The van der Waals surface area contributed by atoms with E-state index in [1.807, 2.05) is 54.2 Å². The molecule has 1 atom stereocenters. The normalized spacial score (nSPS) is 18.5. The third-order valence-corrected chi connectivity index (χ3v) is 4.74. The summed E-state index contributed by atoms with van der Waals surface area (Å²) in [5, 5.41) is 0. The van der Waals surface area contributed by atoms with Crippen LogP contribution in [0.15, 0.2) is 54.6 Å². The molecule has 0 aromatic heterocycles. The second-order valence-corrected chi connectivity index (χ2v) is 6.57. The number of rotatable bonds is 3. The third-order valence-electron chi connectivity index (χ3n) is 4.74. The molecule has 0 radical (unpaired) electrons. The minimum Gasteiger partial charge on any atom is -0.377 e. The molecule has 4 heteroatoms. The first kappa shape index (κ1) is 16.5. The fraction of sp³-hybridized carbons (Fsp3) is 0.350. The van der Waals surface area contributed by atoms with Gasteiger partial charge in [-0.3, -0.25) is 9.69 Å². The van der Waals surface area contributed by atoms with E-state index >= 15 is 0 Å². The van der Waals surface area contributed by atoms with E-state index in [0.29, 0.717) is 0 Å². The molecule has 1 heterocycles. The van der Waals surface area contributed by atoms with Crippen molar-refractivity contribution in [3.8, 4) is 0 Å². The molecular weight excluding hydrogens is 298 g/mol. The fourth-order valence-corrected chi connectivity index (χ4v) is 3.31. The van der Waals surface area contributed by atoms with Crippen LogP contribution >= 0.6 is 0 Å². The van der Waals surface area contributed by atoms with Crippen molar-refractivity contribution >= 4 is 11.6 Å². The molecule has 24 heavy (non-hydrogen) atoms. The predicted molar refractivity (Wildman–Crippen MR) is 98.5 cm³/mol. The number of para-hydroxylation sites is 1. The summed E-state index contributed by atoms with van der Waals surface area (Å²) in [6.07, 6.45) is 0. The molecule has 2 aromatic carbocycles. The number of benzene rings is 2. The molecule has 0 spiro atoms. The summed E-state index contributed by atoms with van der Waals surface area (Å²) in [5.41, 5.74) is 3.01. The molecule has 1 unspecified atom stereocenters. The lowest BCUT2D eigenvalue weighted by atomic mass is 10.0. The van der Waals surface area contributed by atoms with Crippen LogP contribution in [0.3, 0.4) is 0 Å². The number of anilines is 1. The lowest BCUT2D eigenvalue weighted by molar-refractivity contribution is 0.0547. The Morgan fingerprint density at radius 3 is 2.38 bits per heavy atom. The van der Waals surface area contributed by atoms with Gasteiger partial charge in [-0.2, -0.15) is 0 Å². The molecular formula is C20H25N3O. The largest absolute Gasteiger partial charge is 0.377 e. The molecule has 0 saturated carbocycles. The maximum Gasteiger partial charge on any atom is 0.256 e. The van der Waals surface area contributed by atoms with Crippen LogP contribution in [0.4, 0.5) is 5.69 Å². The Morgan fingerprint density at radius 1 is 1.00 bits per heavy atom. The number of likely N-dealkylation sites (N-methyl/N-ethyl adjacent to an activating group) is 1. The summed E-state index contributed by atoms with van der Waals surface area (Å²) >= 11 is 0. The molecule has 3 rings (SSSR count). The van der Waals surface area contributed by atoms with Crippen molar-refractivity contribution < 1.29 is 4.79 Å². The SMILES string of the molecule is CN(C)c1ccccc1C(=O)N1CCN(C)C(c2ccccc2)C1. The first-order valence-corrected chi connectivity index (χ1v) is 8.38. The summed E-state index contributed by atoms with van der Waals surface area (Å²) in [6.45, 7) is 2.37. The van der Waals surface area contributed by atoms with Crippen molar-refractivity contribution in [1.29, 1.82) is 0 Å². The van der Waals surface area contributed by atoms with Crippen LogP contribution in [0.25, 0.3) is 0 Å². The minimum absolute atomic E-state index is 0.119. The molecule has 2 aromatic rings. The van der Waals surface area contributed by atoms with Crippen molar-refractivity contribution in [2.45, 2.75) is 6.04 Å². The van der Waals surface area contributed by atoms with Gasteiger partial charge in [0.2, 0.25) is 0 Å². The summed E-state index contributed by atoms with van der Waals surface area (Å²) < 4.78 is 0. The molecule has 1 aliphatic heterocycles. The maximum atomic E-state index is 13.1. The van der Waals surface area contributed by atoms with Crippen LogP contribution in [0, 0.1) is 0 Å². The minimum atomic E-state index is 0.119. The van der Waals surface area contributed by atoms with Crippen molar-refractivity contribution in [3.63, 3.8) is 0 Å². The van der Waals surface area contributed by atoms with Gasteiger partial charge in [-0.05, 0) is 24.7 Å². The van der Waals surface area contributed by atoms with E-state index in [1.165, 1.54) is 5.56 Å².